The quantitative estimate of drug-likeness (QED) is 0.628. The Bertz CT molecular complexity index is 1230. The molecule has 1 unspecified atom stereocenters. The van der Waals surface area contributed by atoms with E-state index >= 15 is 4.39 Å². The summed E-state index contributed by atoms with van der Waals surface area (Å²) in [6, 6.07) is 4.77. The number of nitrogens with zero attached hydrogens (tertiary/aromatic N) is 4. The predicted octanol–water partition coefficient (Wildman–Crippen LogP) is 1.98. The van der Waals surface area contributed by atoms with E-state index in [1.165, 1.54) is 6.92 Å². The molecule has 0 spiro atoms. The number of pyridine rings is 1. The lowest BCUT2D eigenvalue weighted by Crippen LogP contribution is -2.34. The topological polar surface area (TPSA) is 94.2 Å². The lowest BCUT2D eigenvalue weighted by atomic mass is 10.1. The summed E-state index contributed by atoms with van der Waals surface area (Å²) in [5.41, 5.74) is 0.785. The standard InChI is InChI=1S/C22H24F2N6O2/c1-12-21(31)28-20-18(27-12)8-16(23)15(19(20)24)11-30-7-6-14(10-30)29(3)13-4-5-17(26-9-13)22(32)25-2/h4-5,8-9,14H,6-7,10-11H2,1-3H3,(H,25,32)(H,28,31). The van der Waals surface area contributed by atoms with E-state index in [-0.39, 0.29) is 40.8 Å². The Morgan fingerprint density at radius 3 is 2.84 bits per heavy atom. The maximum Gasteiger partial charge on any atom is 0.269 e. The summed E-state index contributed by atoms with van der Waals surface area (Å²) >= 11 is 0. The van der Waals surface area contributed by atoms with Gasteiger partial charge in [-0.05, 0) is 25.5 Å². The molecule has 8 nitrogen and oxygen atoms in total. The fraction of sp³-hybridized carbons (Fsp3) is 0.364. The molecule has 0 bridgehead atoms. The summed E-state index contributed by atoms with van der Waals surface area (Å²) < 4.78 is 29.7. The van der Waals surface area contributed by atoms with E-state index in [4.69, 9.17) is 0 Å². The van der Waals surface area contributed by atoms with Crippen molar-refractivity contribution in [3.05, 3.63) is 63.3 Å². The van der Waals surface area contributed by atoms with Crippen LogP contribution in [0.3, 0.4) is 0 Å². The molecule has 1 aromatic carbocycles. The molecule has 1 atom stereocenters. The Labute approximate surface area is 183 Å². The minimum Gasteiger partial charge on any atom is -0.369 e. The number of aromatic nitrogens is 3. The van der Waals surface area contributed by atoms with Gasteiger partial charge in [-0.2, -0.15) is 0 Å². The number of amides is 1. The molecule has 3 heterocycles. The van der Waals surface area contributed by atoms with Crippen LogP contribution in [-0.4, -0.2) is 59.0 Å². The van der Waals surface area contributed by atoms with Crippen LogP contribution in [-0.2, 0) is 6.54 Å². The zero-order valence-electron chi connectivity index (χ0n) is 18.1. The third-order valence-electron chi connectivity index (χ3n) is 5.94. The van der Waals surface area contributed by atoms with Crippen LogP contribution >= 0.6 is 0 Å². The van der Waals surface area contributed by atoms with Crippen molar-refractivity contribution in [2.24, 2.45) is 0 Å². The van der Waals surface area contributed by atoms with Gasteiger partial charge in [0.1, 0.15) is 22.7 Å². The molecule has 168 valence electrons. The van der Waals surface area contributed by atoms with Crippen molar-refractivity contribution in [2.75, 3.05) is 32.1 Å². The first-order valence-electron chi connectivity index (χ1n) is 10.3. The van der Waals surface area contributed by atoms with Crippen LogP contribution < -0.4 is 15.8 Å². The third-order valence-corrected chi connectivity index (χ3v) is 5.94. The van der Waals surface area contributed by atoms with Crippen molar-refractivity contribution in [2.45, 2.75) is 25.9 Å². The van der Waals surface area contributed by atoms with Crippen molar-refractivity contribution in [3.63, 3.8) is 0 Å². The molecule has 32 heavy (non-hydrogen) atoms. The Morgan fingerprint density at radius 1 is 1.38 bits per heavy atom. The number of nitrogens with one attached hydrogen (secondary N) is 2. The molecule has 1 aliphatic heterocycles. The Morgan fingerprint density at radius 2 is 2.16 bits per heavy atom. The number of likely N-dealkylation sites (tertiary alicyclic amines) is 1. The molecule has 0 aliphatic carbocycles. The van der Waals surface area contributed by atoms with Crippen molar-refractivity contribution in [1.82, 2.24) is 25.2 Å². The summed E-state index contributed by atoms with van der Waals surface area (Å²) in [6.45, 7) is 2.85. The fourth-order valence-electron chi connectivity index (χ4n) is 4.00. The second kappa shape index (κ2) is 8.62. The number of halogens is 2. The zero-order chi connectivity index (χ0) is 23.0. The van der Waals surface area contributed by atoms with Gasteiger partial charge in [0.05, 0.1) is 17.4 Å². The number of fused-ring (bicyclic) bond motifs is 1. The Hall–Kier alpha value is -3.40. The molecule has 1 aliphatic rings. The zero-order valence-corrected chi connectivity index (χ0v) is 18.1. The van der Waals surface area contributed by atoms with Gasteiger partial charge in [-0.25, -0.2) is 18.7 Å². The second-order valence-electron chi connectivity index (χ2n) is 7.97. The highest BCUT2D eigenvalue weighted by atomic mass is 19.1. The van der Waals surface area contributed by atoms with Crippen LogP contribution in [0.4, 0.5) is 14.5 Å². The van der Waals surface area contributed by atoms with Crippen LogP contribution in [0.2, 0.25) is 0 Å². The molecule has 1 amide bonds. The van der Waals surface area contributed by atoms with Gasteiger partial charge in [0.15, 0.2) is 5.82 Å². The lowest BCUT2D eigenvalue weighted by molar-refractivity contribution is 0.0958. The molecule has 2 aromatic heterocycles. The predicted molar refractivity (Wildman–Crippen MR) is 117 cm³/mol. The molecular formula is C22H24F2N6O2. The summed E-state index contributed by atoms with van der Waals surface area (Å²) in [5, 5.41) is 2.53. The summed E-state index contributed by atoms with van der Waals surface area (Å²) in [4.78, 5) is 38.2. The minimum atomic E-state index is -0.782. The van der Waals surface area contributed by atoms with Crippen LogP contribution in [0.1, 0.15) is 28.2 Å². The SMILES string of the molecule is CNC(=O)c1ccc(N(C)C2CCN(Cc3c(F)cc4nc(C)c(=O)[nH]c4c3F)C2)cn1. The van der Waals surface area contributed by atoms with E-state index in [1.807, 2.05) is 18.0 Å². The first-order valence-corrected chi connectivity index (χ1v) is 10.3. The molecule has 2 N–H and O–H groups in total. The first-order chi connectivity index (χ1) is 15.3. The van der Waals surface area contributed by atoms with E-state index < -0.39 is 17.2 Å². The highest BCUT2D eigenvalue weighted by Gasteiger charge is 2.28. The van der Waals surface area contributed by atoms with Crippen LogP contribution in [0.15, 0.2) is 29.2 Å². The summed E-state index contributed by atoms with van der Waals surface area (Å²) in [5.74, 6) is -1.72. The largest absolute Gasteiger partial charge is 0.369 e. The van der Waals surface area contributed by atoms with Gasteiger partial charge >= 0.3 is 0 Å². The number of benzene rings is 1. The smallest absolute Gasteiger partial charge is 0.269 e. The van der Waals surface area contributed by atoms with E-state index in [9.17, 15) is 14.0 Å². The molecule has 1 fully saturated rings. The summed E-state index contributed by atoms with van der Waals surface area (Å²) in [7, 11) is 3.48. The highest BCUT2D eigenvalue weighted by molar-refractivity contribution is 5.92. The van der Waals surface area contributed by atoms with Gasteiger partial charge in [0.2, 0.25) is 0 Å². The number of hydrogen-bond donors (Lipinski definition) is 2. The number of likely N-dealkylation sites (N-methyl/N-ethyl adjacent to an activating group) is 1. The second-order valence-corrected chi connectivity index (χ2v) is 7.97. The summed E-state index contributed by atoms with van der Waals surface area (Å²) in [6.07, 6.45) is 2.45. The number of rotatable bonds is 5. The van der Waals surface area contributed by atoms with E-state index in [0.717, 1.165) is 18.2 Å². The van der Waals surface area contributed by atoms with E-state index in [2.05, 4.69) is 25.2 Å². The molecule has 10 heteroatoms. The number of anilines is 1. The van der Waals surface area contributed by atoms with Gasteiger partial charge in [0, 0.05) is 51.4 Å². The third kappa shape index (κ3) is 4.05. The number of carbonyl (C=O) groups is 1. The van der Waals surface area contributed by atoms with Gasteiger partial charge in [-0.15, -0.1) is 0 Å². The highest BCUT2D eigenvalue weighted by Crippen LogP contribution is 2.26. The van der Waals surface area contributed by atoms with E-state index in [0.29, 0.717) is 18.8 Å². The fourth-order valence-corrected chi connectivity index (χ4v) is 4.00. The van der Waals surface area contributed by atoms with Crippen molar-refractivity contribution in [1.29, 1.82) is 0 Å². The van der Waals surface area contributed by atoms with Gasteiger partial charge < -0.3 is 15.2 Å². The molecule has 3 aromatic rings. The number of hydrogen-bond acceptors (Lipinski definition) is 6. The lowest BCUT2D eigenvalue weighted by Gasteiger charge is -2.27. The molecular weight excluding hydrogens is 418 g/mol. The average molecular weight is 442 g/mol. The first kappa shape index (κ1) is 21.8. The van der Waals surface area contributed by atoms with Gasteiger partial charge in [-0.1, -0.05) is 0 Å². The van der Waals surface area contributed by atoms with Crippen molar-refractivity contribution in [3.8, 4) is 0 Å². The molecule has 1 saturated heterocycles. The maximum absolute atomic E-state index is 15.0. The Kier molecular flexibility index (Phi) is 5.88. The monoisotopic (exact) mass is 442 g/mol. The number of aryl methyl sites for hydroxylation is 1. The average Bonchev–Trinajstić information content (AvgIpc) is 3.26. The molecule has 4 rings (SSSR count). The van der Waals surface area contributed by atoms with Crippen LogP contribution in [0, 0.1) is 18.6 Å². The maximum atomic E-state index is 15.0. The number of H-pyrrole nitrogens is 1. The van der Waals surface area contributed by atoms with Gasteiger partial charge in [0.25, 0.3) is 11.5 Å². The number of aromatic amines is 1. The molecule has 0 saturated carbocycles. The Balaban J connectivity index is 1.49. The normalized spacial score (nSPS) is 16.5. The van der Waals surface area contributed by atoms with Gasteiger partial charge in [-0.3, -0.25) is 14.5 Å². The van der Waals surface area contributed by atoms with Crippen molar-refractivity contribution < 1.29 is 13.6 Å². The van der Waals surface area contributed by atoms with Crippen molar-refractivity contribution >= 4 is 22.6 Å². The van der Waals surface area contributed by atoms with Crippen LogP contribution in [0.5, 0.6) is 0 Å². The number of carbonyl (C=O) groups excluding carboxylic acids is 1. The van der Waals surface area contributed by atoms with Crippen LogP contribution in [0.25, 0.3) is 11.0 Å². The van der Waals surface area contributed by atoms with E-state index in [1.54, 1.807) is 19.3 Å². The molecule has 0 radical (unpaired) electrons. The minimum absolute atomic E-state index is 0.0767.